The van der Waals surface area contributed by atoms with Gasteiger partial charge in [0.15, 0.2) is 0 Å². The first-order valence-electron chi connectivity index (χ1n) is 7.47. The minimum absolute atomic E-state index is 0.158. The maximum Gasteiger partial charge on any atom is 0.141 e. The van der Waals surface area contributed by atoms with Crippen LogP contribution in [0.15, 0.2) is 18.3 Å². The third-order valence-corrected chi connectivity index (χ3v) is 4.44. The van der Waals surface area contributed by atoms with E-state index in [1.165, 1.54) is 0 Å². The van der Waals surface area contributed by atoms with Crippen molar-refractivity contribution in [3.63, 3.8) is 0 Å². The Bertz CT molecular complexity index is 438. The van der Waals surface area contributed by atoms with Gasteiger partial charge in [0.1, 0.15) is 5.75 Å². The van der Waals surface area contributed by atoms with Gasteiger partial charge in [-0.3, -0.25) is 4.98 Å². The number of aromatic nitrogens is 1. The fourth-order valence-corrected chi connectivity index (χ4v) is 3.31. The van der Waals surface area contributed by atoms with Gasteiger partial charge in [0, 0.05) is 12.1 Å². The zero-order valence-corrected chi connectivity index (χ0v) is 13.1. The Balaban J connectivity index is 2.36. The molecule has 4 nitrogen and oxygen atoms in total. The summed E-state index contributed by atoms with van der Waals surface area (Å²) in [5.74, 6) is 1.73. The summed E-state index contributed by atoms with van der Waals surface area (Å²) in [7, 11) is 1.70. The molecular weight excluding hydrogens is 252 g/mol. The van der Waals surface area contributed by atoms with Crippen molar-refractivity contribution in [1.29, 1.82) is 0 Å². The molecule has 0 spiro atoms. The van der Waals surface area contributed by atoms with E-state index in [9.17, 15) is 0 Å². The average molecular weight is 278 g/mol. The molecule has 1 N–H and O–H groups in total. The van der Waals surface area contributed by atoms with E-state index in [0.29, 0.717) is 11.8 Å². The molecule has 1 aliphatic rings. The van der Waals surface area contributed by atoms with Crippen LogP contribution in [0.3, 0.4) is 0 Å². The molecule has 1 aromatic rings. The Hall–Kier alpha value is -1.13. The van der Waals surface area contributed by atoms with Crippen LogP contribution >= 0.6 is 0 Å². The normalized spacial score (nSPS) is 31.2. The Labute approximate surface area is 121 Å². The highest BCUT2D eigenvalue weighted by Gasteiger charge is 2.43. The lowest BCUT2D eigenvalue weighted by Gasteiger charge is -2.30. The summed E-state index contributed by atoms with van der Waals surface area (Å²) in [6, 6.07) is 4.04. The third kappa shape index (κ3) is 2.81. The monoisotopic (exact) mass is 278 g/mol. The predicted molar refractivity (Wildman–Crippen MR) is 79.9 cm³/mol. The van der Waals surface area contributed by atoms with Crippen molar-refractivity contribution < 1.29 is 9.47 Å². The highest BCUT2D eigenvalue weighted by atomic mass is 16.5. The number of hydrogen-bond acceptors (Lipinski definition) is 4. The molecule has 0 bridgehead atoms. The van der Waals surface area contributed by atoms with Crippen molar-refractivity contribution in [1.82, 2.24) is 10.3 Å². The Morgan fingerprint density at radius 1 is 1.35 bits per heavy atom. The van der Waals surface area contributed by atoms with Crippen LogP contribution in [0.2, 0.25) is 0 Å². The van der Waals surface area contributed by atoms with Crippen molar-refractivity contribution >= 4 is 0 Å². The maximum atomic E-state index is 6.00. The van der Waals surface area contributed by atoms with E-state index in [-0.39, 0.29) is 18.2 Å². The van der Waals surface area contributed by atoms with E-state index in [1.807, 2.05) is 18.3 Å². The molecule has 20 heavy (non-hydrogen) atoms. The van der Waals surface area contributed by atoms with Gasteiger partial charge in [-0.15, -0.1) is 0 Å². The molecule has 1 fully saturated rings. The molecule has 0 aliphatic carbocycles. The molecule has 2 heterocycles. The van der Waals surface area contributed by atoms with Crippen LogP contribution in [0, 0.1) is 11.8 Å². The fraction of sp³-hybridized carbons (Fsp3) is 0.688. The topological polar surface area (TPSA) is 43.4 Å². The second kappa shape index (κ2) is 6.55. The zero-order valence-electron chi connectivity index (χ0n) is 13.1. The van der Waals surface area contributed by atoms with E-state index >= 15 is 0 Å². The molecule has 112 valence electrons. The van der Waals surface area contributed by atoms with Crippen molar-refractivity contribution in [2.45, 2.75) is 45.9 Å². The SMILES string of the molecule is CCNC(c1ncccc1OC)C1C(C)OC(C)C1C. The molecule has 1 aliphatic heterocycles. The Morgan fingerprint density at radius 3 is 2.65 bits per heavy atom. The minimum Gasteiger partial charge on any atom is -0.495 e. The number of methoxy groups -OCH3 is 1. The van der Waals surface area contributed by atoms with E-state index in [2.05, 4.69) is 38.0 Å². The quantitative estimate of drug-likeness (QED) is 0.899. The Morgan fingerprint density at radius 2 is 2.10 bits per heavy atom. The summed E-state index contributed by atoms with van der Waals surface area (Å²) in [6.07, 6.45) is 2.33. The lowest BCUT2D eigenvalue weighted by molar-refractivity contribution is 0.0473. The van der Waals surface area contributed by atoms with Crippen molar-refractivity contribution in [2.24, 2.45) is 11.8 Å². The Kier molecular flexibility index (Phi) is 5.00. The van der Waals surface area contributed by atoms with Crippen LogP contribution < -0.4 is 10.1 Å². The lowest BCUT2D eigenvalue weighted by atomic mass is 9.81. The first-order chi connectivity index (χ1) is 9.60. The van der Waals surface area contributed by atoms with Gasteiger partial charge in [0.05, 0.1) is 31.1 Å². The molecule has 0 amide bonds. The highest BCUT2D eigenvalue weighted by molar-refractivity contribution is 5.30. The number of rotatable bonds is 5. The van der Waals surface area contributed by atoms with Crippen molar-refractivity contribution in [3.8, 4) is 5.75 Å². The minimum atomic E-state index is 0.158. The fourth-order valence-electron chi connectivity index (χ4n) is 3.31. The molecule has 5 atom stereocenters. The summed E-state index contributed by atoms with van der Waals surface area (Å²) in [6.45, 7) is 9.59. The predicted octanol–water partition coefficient (Wildman–Crippen LogP) is 2.80. The van der Waals surface area contributed by atoms with E-state index in [0.717, 1.165) is 18.0 Å². The number of ether oxygens (including phenoxy) is 2. The maximum absolute atomic E-state index is 6.00. The second-order valence-electron chi connectivity index (χ2n) is 5.61. The standard InChI is InChI=1S/C16H26N2O2/c1-6-17-16(14-10(2)11(3)20-12(14)4)15-13(19-5)8-7-9-18-15/h7-12,14,16-17H,6H2,1-5H3. The lowest BCUT2D eigenvalue weighted by Crippen LogP contribution is -2.35. The van der Waals surface area contributed by atoms with Crippen molar-refractivity contribution in [3.05, 3.63) is 24.0 Å². The van der Waals surface area contributed by atoms with Crippen LogP contribution in [0.1, 0.15) is 39.4 Å². The average Bonchev–Trinajstić information content (AvgIpc) is 2.70. The summed E-state index contributed by atoms with van der Waals surface area (Å²) in [5.41, 5.74) is 0.984. The smallest absolute Gasteiger partial charge is 0.141 e. The van der Waals surface area contributed by atoms with Crippen molar-refractivity contribution in [2.75, 3.05) is 13.7 Å². The number of nitrogens with one attached hydrogen (secondary N) is 1. The first-order valence-corrected chi connectivity index (χ1v) is 7.47. The van der Waals surface area contributed by atoms with Gasteiger partial charge in [-0.05, 0) is 38.4 Å². The molecular formula is C16H26N2O2. The zero-order chi connectivity index (χ0) is 14.7. The summed E-state index contributed by atoms with van der Waals surface area (Å²) in [5, 5.41) is 3.57. The van der Waals surface area contributed by atoms with Gasteiger partial charge in [0.25, 0.3) is 0 Å². The van der Waals surface area contributed by atoms with Gasteiger partial charge in [-0.2, -0.15) is 0 Å². The van der Waals surface area contributed by atoms with Gasteiger partial charge in [0.2, 0.25) is 0 Å². The molecule has 1 saturated heterocycles. The van der Waals surface area contributed by atoms with E-state index < -0.39 is 0 Å². The van der Waals surface area contributed by atoms with E-state index in [4.69, 9.17) is 9.47 Å². The molecule has 2 rings (SSSR count). The number of hydrogen-bond donors (Lipinski definition) is 1. The van der Waals surface area contributed by atoms with Crippen LogP contribution in [0.25, 0.3) is 0 Å². The second-order valence-corrected chi connectivity index (χ2v) is 5.61. The van der Waals surface area contributed by atoms with Crippen LogP contribution in [0.4, 0.5) is 0 Å². The van der Waals surface area contributed by atoms with E-state index in [1.54, 1.807) is 7.11 Å². The first kappa shape index (κ1) is 15.3. The molecule has 4 heteroatoms. The summed E-state index contributed by atoms with van der Waals surface area (Å²) >= 11 is 0. The summed E-state index contributed by atoms with van der Waals surface area (Å²) in [4.78, 5) is 4.56. The van der Waals surface area contributed by atoms with Gasteiger partial charge < -0.3 is 14.8 Å². The van der Waals surface area contributed by atoms with Crippen LogP contribution in [0.5, 0.6) is 5.75 Å². The number of nitrogens with zero attached hydrogens (tertiary/aromatic N) is 1. The molecule has 0 aromatic carbocycles. The van der Waals surface area contributed by atoms with Gasteiger partial charge in [-0.1, -0.05) is 13.8 Å². The summed E-state index contributed by atoms with van der Waals surface area (Å²) < 4.78 is 11.5. The third-order valence-electron chi connectivity index (χ3n) is 4.44. The van der Waals surface area contributed by atoms with Crippen LogP contribution in [-0.4, -0.2) is 30.8 Å². The molecule has 1 aromatic heterocycles. The molecule has 5 unspecified atom stereocenters. The molecule has 0 radical (unpaired) electrons. The van der Waals surface area contributed by atoms with Crippen LogP contribution in [-0.2, 0) is 4.74 Å². The highest BCUT2D eigenvalue weighted by Crippen LogP contribution is 2.41. The molecule has 0 saturated carbocycles. The van der Waals surface area contributed by atoms with Gasteiger partial charge in [-0.25, -0.2) is 0 Å². The van der Waals surface area contributed by atoms with Gasteiger partial charge >= 0.3 is 0 Å². The number of pyridine rings is 1. The largest absolute Gasteiger partial charge is 0.495 e.